The van der Waals surface area contributed by atoms with Gasteiger partial charge in [0.05, 0.1) is 25.5 Å². The molecule has 0 spiro atoms. The molecule has 0 atom stereocenters. The first-order valence-corrected chi connectivity index (χ1v) is 14.9. The topological polar surface area (TPSA) is 48.0 Å². The number of benzene rings is 3. The van der Waals surface area contributed by atoms with Gasteiger partial charge in [0.15, 0.2) is 0 Å². The molecule has 0 fully saturated rings. The first-order valence-electron chi connectivity index (χ1n) is 14.1. The fourth-order valence-electron chi connectivity index (χ4n) is 4.08. The highest BCUT2D eigenvalue weighted by Crippen LogP contribution is 2.29. The molecular formula is C33H39NO4S. The van der Waals surface area contributed by atoms with E-state index < -0.39 is 0 Å². The van der Waals surface area contributed by atoms with Gasteiger partial charge < -0.3 is 14.2 Å². The van der Waals surface area contributed by atoms with Crippen molar-refractivity contribution in [3.63, 3.8) is 0 Å². The van der Waals surface area contributed by atoms with E-state index >= 15 is 0 Å². The predicted octanol–water partition coefficient (Wildman–Crippen LogP) is 7.70. The molecule has 0 saturated carbocycles. The number of anilines is 1. The maximum Gasteiger partial charge on any atom is 0.274 e. The van der Waals surface area contributed by atoms with E-state index in [1.54, 1.807) is 4.90 Å². The molecule has 1 aliphatic heterocycles. The van der Waals surface area contributed by atoms with Gasteiger partial charge in [0.1, 0.15) is 27.1 Å². The van der Waals surface area contributed by atoms with E-state index in [0.717, 1.165) is 77.6 Å². The van der Waals surface area contributed by atoms with Crippen LogP contribution in [0.15, 0.2) is 72.8 Å². The molecule has 0 saturated heterocycles. The Balaban J connectivity index is 1.63. The molecule has 1 heterocycles. The van der Waals surface area contributed by atoms with E-state index in [1.165, 1.54) is 10.9 Å². The molecule has 0 aliphatic carbocycles. The number of hydrogen-bond donors (Lipinski definition) is 0. The first-order chi connectivity index (χ1) is 19.1. The van der Waals surface area contributed by atoms with Crippen molar-refractivity contribution in [3.05, 3.63) is 83.9 Å². The van der Waals surface area contributed by atoms with Gasteiger partial charge in [0.25, 0.3) is 5.91 Å². The average molecular weight is 546 g/mol. The van der Waals surface area contributed by atoms with Crippen molar-refractivity contribution >= 4 is 32.4 Å². The summed E-state index contributed by atoms with van der Waals surface area (Å²) in [6.07, 6.45) is 6.33. The SMILES string of the molecule is CCCCOc1ccc(C2=S=C(c3ccc(OCCCC)cc3)N(c3ccc(OCCCC)cc3)C2=O)cc1. The second-order valence-corrected chi connectivity index (χ2v) is 10.5. The summed E-state index contributed by atoms with van der Waals surface area (Å²) in [6, 6.07) is 23.6. The van der Waals surface area contributed by atoms with E-state index in [4.69, 9.17) is 14.2 Å². The normalized spacial score (nSPS) is 13.0. The van der Waals surface area contributed by atoms with Gasteiger partial charge in [-0.2, -0.15) is 0 Å². The van der Waals surface area contributed by atoms with Crippen molar-refractivity contribution in [2.45, 2.75) is 59.3 Å². The zero-order valence-corrected chi connectivity index (χ0v) is 24.1. The van der Waals surface area contributed by atoms with Gasteiger partial charge in [-0.15, -0.1) is 10.9 Å². The molecule has 3 aromatic rings. The molecule has 6 heteroatoms. The fraction of sp³-hybridized carbons (Fsp3) is 0.364. The minimum atomic E-state index is -0.0439. The van der Waals surface area contributed by atoms with Crippen molar-refractivity contribution in [2.24, 2.45) is 0 Å². The maximum atomic E-state index is 13.9. The van der Waals surface area contributed by atoms with Gasteiger partial charge in [-0.25, -0.2) is 0 Å². The van der Waals surface area contributed by atoms with Crippen molar-refractivity contribution in [2.75, 3.05) is 24.7 Å². The lowest BCUT2D eigenvalue weighted by Gasteiger charge is -2.21. The van der Waals surface area contributed by atoms with Crippen LogP contribution >= 0.6 is 10.9 Å². The standard InChI is InChI=1S/C33H39NO4S/c1-4-7-22-36-28-16-10-25(11-17-28)31-32(35)34(27-14-20-30(21-15-27)38-24-9-6-3)33(39-31)26-12-18-29(19-13-26)37-23-8-5-2/h10-21H,4-9,22-24H2,1-3H3. The molecule has 0 radical (unpaired) electrons. The molecule has 206 valence electrons. The number of hydrogen-bond acceptors (Lipinski definition) is 4. The van der Waals surface area contributed by atoms with E-state index in [-0.39, 0.29) is 5.91 Å². The lowest BCUT2D eigenvalue weighted by Crippen LogP contribution is -2.36. The Morgan fingerprint density at radius 3 is 1.44 bits per heavy atom. The molecule has 1 aliphatic rings. The Hall–Kier alpha value is -3.51. The second-order valence-electron chi connectivity index (χ2n) is 9.53. The summed E-state index contributed by atoms with van der Waals surface area (Å²) in [5.41, 5.74) is 2.66. The van der Waals surface area contributed by atoms with Crippen LogP contribution in [-0.2, 0) is 4.79 Å². The highest BCUT2D eigenvalue weighted by molar-refractivity contribution is 8.01. The maximum absolute atomic E-state index is 13.9. The predicted molar refractivity (Wildman–Crippen MR) is 164 cm³/mol. The molecule has 5 nitrogen and oxygen atoms in total. The number of carbonyl (C=O) groups excluding carboxylic acids is 1. The van der Waals surface area contributed by atoms with Crippen LogP contribution in [0.4, 0.5) is 5.69 Å². The smallest absolute Gasteiger partial charge is 0.274 e. The van der Waals surface area contributed by atoms with E-state index in [1.807, 2.05) is 72.8 Å². The zero-order chi connectivity index (χ0) is 27.5. The van der Waals surface area contributed by atoms with E-state index in [9.17, 15) is 4.79 Å². The minimum Gasteiger partial charge on any atom is -0.494 e. The number of nitrogens with zero attached hydrogens (tertiary/aromatic N) is 1. The number of carbonyl (C=O) groups is 1. The summed E-state index contributed by atoms with van der Waals surface area (Å²) >= 11 is 0. The molecule has 39 heavy (non-hydrogen) atoms. The Kier molecular flexibility index (Phi) is 10.7. The van der Waals surface area contributed by atoms with Gasteiger partial charge in [-0.05, 0) is 97.6 Å². The van der Waals surface area contributed by atoms with Gasteiger partial charge in [0.2, 0.25) is 0 Å². The van der Waals surface area contributed by atoms with Crippen LogP contribution in [0.1, 0.15) is 70.4 Å². The third kappa shape index (κ3) is 7.54. The van der Waals surface area contributed by atoms with Crippen LogP contribution in [-0.4, -0.2) is 35.6 Å². The fourth-order valence-corrected chi connectivity index (χ4v) is 5.23. The van der Waals surface area contributed by atoms with Crippen LogP contribution in [0.5, 0.6) is 17.2 Å². The van der Waals surface area contributed by atoms with Crippen molar-refractivity contribution in [1.29, 1.82) is 0 Å². The third-order valence-electron chi connectivity index (χ3n) is 6.41. The van der Waals surface area contributed by atoms with Gasteiger partial charge in [0, 0.05) is 5.56 Å². The molecular weight excluding hydrogens is 506 g/mol. The number of ether oxygens (including phenoxy) is 3. The van der Waals surface area contributed by atoms with E-state index in [0.29, 0.717) is 24.7 Å². The van der Waals surface area contributed by atoms with Crippen LogP contribution in [0.3, 0.4) is 0 Å². The Bertz CT molecular complexity index is 1280. The van der Waals surface area contributed by atoms with Crippen molar-refractivity contribution in [1.82, 2.24) is 0 Å². The zero-order valence-electron chi connectivity index (χ0n) is 23.3. The third-order valence-corrected chi connectivity index (χ3v) is 7.64. The summed E-state index contributed by atoms with van der Waals surface area (Å²) in [5, 5.41) is 0. The van der Waals surface area contributed by atoms with Crippen LogP contribution in [0, 0.1) is 0 Å². The Labute approximate surface area is 236 Å². The van der Waals surface area contributed by atoms with Crippen LogP contribution < -0.4 is 19.1 Å². The Morgan fingerprint density at radius 2 is 1.00 bits per heavy atom. The number of rotatable bonds is 15. The number of unbranched alkanes of at least 4 members (excludes halogenated alkanes) is 3. The monoisotopic (exact) mass is 545 g/mol. The van der Waals surface area contributed by atoms with Gasteiger partial charge in [-0.1, -0.05) is 40.0 Å². The van der Waals surface area contributed by atoms with Crippen LogP contribution in [0.25, 0.3) is 0 Å². The molecule has 0 unspecified atom stereocenters. The summed E-state index contributed by atoms with van der Waals surface area (Å²) in [5.74, 6) is 2.42. The molecule has 3 aromatic carbocycles. The summed E-state index contributed by atoms with van der Waals surface area (Å²) in [7, 11) is 1.50. The quantitative estimate of drug-likeness (QED) is 0.145. The molecule has 4 rings (SSSR count). The second kappa shape index (κ2) is 14.6. The largest absolute Gasteiger partial charge is 0.494 e. The lowest BCUT2D eigenvalue weighted by molar-refractivity contribution is -0.111. The summed E-state index contributed by atoms with van der Waals surface area (Å²) in [4.78, 5) is 17.2. The van der Waals surface area contributed by atoms with Crippen LogP contribution in [0.2, 0.25) is 0 Å². The minimum absolute atomic E-state index is 0.0439. The average Bonchev–Trinajstić information content (AvgIpc) is 3.31. The molecule has 0 aromatic heterocycles. The Morgan fingerprint density at radius 1 is 0.590 bits per heavy atom. The highest BCUT2D eigenvalue weighted by atomic mass is 32.1. The summed E-state index contributed by atoms with van der Waals surface area (Å²) in [6.45, 7) is 8.53. The first kappa shape index (κ1) is 28.5. The molecule has 0 bridgehead atoms. The van der Waals surface area contributed by atoms with Crippen molar-refractivity contribution in [3.8, 4) is 17.2 Å². The highest BCUT2D eigenvalue weighted by Gasteiger charge is 2.31. The summed E-state index contributed by atoms with van der Waals surface area (Å²) < 4.78 is 17.5. The number of amides is 1. The molecule has 1 amide bonds. The van der Waals surface area contributed by atoms with Crippen molar-refractivity contribution < 1.29 is 19.0 Å². The lowest BCUT2D eigenvalue weighted by atomic mass is 10.1. The van der Waals surface area contributed by atoms with E-state index in [2.05, 4.69) is 20.8 Å². The molecule has 0 N–H and O–H groups in total. The van der Waals surface area contributed by atoms with Gasteiger partial charge in [-0.3, -0.25) is 9.69 Å². The van der Waals surface area contributed by atoms with Gasteiger partial charge >= 0.3 is 0 Å².